The minimum atomic E-state index is 0.562. The molecule has 1 aliphatic carbocycles. The molecule has 0 radical (unpaired) electrons. The molecule has 1 heterocycles. The topological polar surface area (TPSA) is 12.0 Å². The summed E-state index contributed by atoms with van der Waals surface area (Å²) < 4.78 is 0. The normalized spacial score (nSPS) is 47.7. The number of rotatable bonds is 0. The van der Waals surface area contributed by atoms with E-state index in [1.165, 1.54) is 25.8 Å². The van der Waals surface area contributed by atoms with E-state index in [-0.39, 0.29) is 0 Å². The molecule has 1 aliphatic heterocycles. The van der Waals surface area contributed by atoms with E-state index in [4.69, 9.17) is 0 Å². The van der Waals surface area contributed by atoms with E-state index in [2.05, 4.69) is 26.1 Å². The van der Waals surface area contributed by atoms with Crippen molar-refractivity contribution in [3.8, 4) is 0 Å². The fraction of sp³-hybridized carbons (Fsp3) is 1.00. The first-order valence-electron chi connectivity index (χ1n) is 4.77. The molecule has 1 saturated carbocycles. The number of hydrogen-bond donors (Lipinski definition) is 1. The van der Waals surface area contributed by atoms with Crippen molar-refractivity contribution in [2.45, 2.75) is 46.1 Å². The molecule has 0 aromatic rings. The molecule has 2 fully saturated rings. The van der Waals surface area contributed by atoms with E-state index in [1.54, 1.807) is 0 Å². The van der Waals surface area contributed by atoms with Crippen LogP contribution >= 0.6 is 0 Å². The highest BCUT2D eigenvalue weighted by Gasteiger charge is 2.49. The van der Waals surface area contributed by atoms with E-state index in [0.717, 1.165) is 6.04 Å². The van der Waals surface area contributed by atoms with Gasteiger partial charge in [0.2, 0.25) is 0 Å². The second kappa shape index (κ2) is 2.01. The van der Waals surface area contributed by atoms with Gasteiger partial charge in [0.15, 0.2) is 0 Å². The average Bonchev–Trinajstić information content (AvgIpc) is 2.25. The van der Waals surface area contributed by atoms with Crippen LogP contribution in [0.3, 0.4) is 0 Å². The van der Waals surface area contributed by atoms with Crippen LogP contribution in [0.1, 0.15) is 40.0 Å². The fourth-order valence-electron chi connectivity index (χ4n) is 2.61. The Hall–Kier alpha value is -0.0400. The fourth-order valence-corrected chi connectivity index (χ4v) is 2.61. The first-order valence-corrected chi connectivity index (χ1v) is 4.77. The quantitative estimate of drug-likeness (QED) is 0.562. The molecular weight excluding hydrogens is 134 g/mol. The number of hydrogen-bond acceptors (Lipinski definition) is 1. The molecule has 2 rings (SSSR count). The number of fused-ring (bicyclic) bond motifs is 2. The first kappa shape index (κ1) is 7.60. The molecule has 1 N–H and O–H groups in total. The molecule has 2 atom stereocenters. The Morgan fingerprint density at radius 2 is 2.00 bits per heavy atom. The SMILES string of the molecule is CC1(C)CCC2CC1(C)CN2. The molecule has 1 nitrogen and oxygen atoms in total. The maximum atomic E-state index is 3.61. The summed E-state index contributed by atoms with van der Waals surface area (Å²) in [4.78, 5) is 0. The van der Waals surface area contributed by atoms with Crippen LogP contribution in [0.4, 0.5) is 0 Å². The molecule has 0 aromatic heterocycles. The van der Waals surface area contributed by atoms with Crippen molar-refractivity contribution >= 4 is 0 Å². The van der Waals surface area contributed by atoms with Gasteiger partial charge in [0.25, 0.3) is 0 Å². The Morgan fingerprint density at radius 3 is 2.64 bits per heavy atom. The van der Waals surface area contributed by atoms with Gasteiger partial charge in [-0.3, -0.25) is 0 Å². The molecular formula is C10H19N. The molecule has 0 spiro atoms. The van der Waals surface area contributed by atoms with Crippen LogP contribution in [0.5, 0.6) is 0 Å². The predicted molar refractivity (Wildman–Crippen MR) is 47.5 cm³/mol. The summed E-state index contributed by atoms with van der Waals surface area (Å²) in [7, 11) is 0. The Balaban J connectivity index is 2.27. The molecule has 2 unspecified atom stereocenters. The standard InChI is InChI=1S/C10H19N/c1-9(2)5-4-8-6-10(9,3)7-11-8/h8,11H,4-7H2,1-3H3. The summed E-state index contributed by atoms with van der Waals surface area (Å²) in [5, 5.41) is 3.61. The molecule has 0 amide bonds. The van der Waals surface area contributed by atoms with Gasteiger partial charge in [-0.05, 0) is 30.1 Å². The highest BCUT2D eigenvalue weighted by Crippen LogP contribution is 2.52. The summed E-state index contributed by atoms with van der Waals surface area (Å²) in [6.07, 6.45) is 4.20. The van der Waals surface area contributed by atoms with Gasteiger partial charge < -0.3 is 5.32 Å². The van der Waals surface area contributed by atoms with Crippen LogP contribution in [0.15, 0.2) is 0 Å². The van der Waals surface area contributed by atoms with Crippen molar-refractivity contribution in [1.82, 2.24) is 5.32 Å². The lowest BCUT2D eigenvalue weighted by atomic mass is 9.60. The Kier molecular flexibility index (Phi) is 1.39. The lowest BCUT2D eigenvalue weighted by Gasteiger charge is -2.44. The summed E-state index contributed by atoms with van der Waals surface area (Å²) in [5.41, 5.74) is 1.14. The third kappa shape index (κ3) is 0.936. The van der Waals surface area contributed by atoms with E-state index < -0.39 is 0 Å². The zero-order valence-corrected chi connectivity index (χ0v) is 7.91. The second-order valence-electron chi connectivity index (χ2n) is 5.27. The van der Waals surface area contributed by atoms with Gasteiger partial charge in [-0.1, -0.05) is 20.8 Å². The third-order valence-corrected chi connectivity index (χ3v) is 4.23. The first-order chi connectivity index (χ1) is 5.04. The number of nitrogens with one attached hydrogen (secondary N) is 1. The lowest BCUT2D eigenvalue weighted by Crippen LogP contribution is -2.38. The molecule has 0 aromatic carbocycles. The van der Waals surface area contributed by atoms with Gasteiger partial charge in [-0.25, -0.2) is 0 Å². The van der Waals surface area contributed by atoms with E-state index in [1.807, 2.05) is 0 Å². The van der Waals surface area contributed by atoms with Crippen molar-refractivity contribution in [3.05, 3.63) is 0 Å². The summed E-state index contributed by atoms with van der Waals surface area (Å²) >= 11 is 0. The van der Waals surface area contributed by atoms with Gasteiger partial charge in [0.05, 0.1) is 0 Å². The van der Waals surface area contributed by atoms with Gasteiger partial charge in [-0.2, -0.15) is 0 Å². The molecule has 64 valence electrons. The minimum absolute atomic E-state index is 0.562. The second-order valence-corrected chi connectivity index (χ2v) is 5.27. The largest absolute Gasteiger partial charge is 0.313 e. The van der Waals surface area contributed by atoms with Crippen molar-refractivity contribution in [2.75, 3.05) is 6.54 Å². The minimum Gasteiger partial charge on any atom is -0.313 e. The molecule has 1 saturated heterocycles. The highest BCUT2D eigenvalue weighted by molar-refractivity contribution is 5.03. The van der Waals surface area contributed by atoms with Crippen molar-refractivity contribution in [3.63, 3.8) is 0 Å². The van der Waals surface area contributed by atoms with Gasteiger partial charge >= 0.3 is 0 Å². The van der Waals surface area contributed by atoms with Crippen LogP contribution in [0.25, 0.3) is 0 Å². The monoisotopic (exact) mass is 153 g/mol. The van der Waals surface area contributed by atoms with Crippen molar-refractivity contribution in [2.24, 2.45) is 10.8 Å². The summed E-state index contributed by atoms with van der Waals surface area (Å²) in [6.45, 7) is 8.54. The maximum absolute atomic E-state index is 3.61. The van der Waals surface area contributed by atoms with Crippen molar-refractivity contribution < 1.29 is 0 Å². The summed E-state index contributed by atoms with van der Waals surface area (Å²) in [6, 6.07) is 0.841. The van der Waals surface area contributed by atoms with Crippen LogP contribution in [-0.2, 0) is 0 Å². The van der Waals surface area contributed by atoms with E-state index in [0.29, 0.717) is 10.8 Å². The Morgan fingerprint density at radius 1 is 1.27 bits per heavy atom. The molecule has 2 bridgehead atoms. The molecule has 2 aliphatic rings. The van der Waals surface area contributed by atoms with Gasteiger partial charge in [0.1, 0.15) is 0 Å². The lowest BCUT2D eigenvalue weighted by molar-refractivity contribution is 0.0711. The van der Waals surface area contributed by atoms with Crippen LogP contribution < -0.4 is 5.32 Å². The van der Waals surface area contributed by atoms with E-state index in [9.17, 15) is 0 Å². The maximum Gasteiger partial charge on any atom is 0.00733 e. The average molecular weight is 153 g/mol. The van der Waals surface area contributed by atoms with Crippen molar-refractivity contribution in [1.29, 1.82) is 0 Å². The van der Waals surface area contributed by atoms with Gasteiger partial charge in [0, 0.05) is 12.6 Å². The van der Waals surface area contributed by atoms with Crippen LogP contribution in [0, 0.1) is 10.8 Å². The zero-order valence-electron chi connectivity index (χ0n) is 7.91. The summed E-state index contributed by atoms with van der Waals surface area (Å²) in [5.74, 6) is 0. The molecule has 11 heavy (non-hydrogen) atoms. The van der Waals surface area contributed by atoms with Crippen LogP contribution in [0.2, 0.25) is 0 Å². The highest BCUT2D eigenvalue weighted by atomic mass is 15.0. The Bertz CT molecular complexity index is 174. The molecule has 1 heteroatoms. The zero-order chi connectivity index (χ0) is 8.11. The van der Waals surface area contributed by atoms with E-state index >= 15 is 0 Å². The van der Waals surface area contributed by atoms with Gasteiger partial charge in [-0.15, -0.1) is 0 Å². The predicted octanol–water partition coefficient (Wildman–Crippen LogP) is 2.17. The third-order valence-electron chi connectivity index (χ3n) is 4.23. The van der Waals surface area contributed by atoms with Crippen LogP contribution in [-0.4, -0.2) is 12.6 Å². The Labute approximate surface area is 69.6 Å². The smallest absolute Gasteiger partial charge is 0.00733 e.